The minimum Gasteiger partial charge on any atom is -0.324 e. The van der Waals surface area contributed by atoms with E-state index in [9.17, 15) is 0 Å². The zero-order valence-electron chi connectivity index (χ0n) is 25.7. The molecule has 44 heavy (non-hydrogen) atoms. The van der Waals surface area contributed by atoms with Crippen molar-refractivity contribution in [1.29, 1.82) is 0 Å². The fraction of sp³-hybridized carbons (Fsp3) is 0.200. The van der Waals surface area contributed by atoms with Gasteiger partial charge in [0.05, 0.1) is 11.0 Å². The summed E-state index contributed by atoms with van der Waals surface area (Å²) in [5, 5.41) is 6.04. The second-order valence-electron chi connectivity index (χ2n) is 13.5. The Kier molecular flexibility index (Phi) is 5.93. The summed E-state index contributed by atoms with van der Waals surface area (Å²) in [7, 11) is 0. The number of rotatable bonds is 4. The summed E-state index contributed by atoms with van der Waals surface area (Å²) in [6.45, 7) is 9.44. The normalized spacial score (nSPS) is 18.5. The lowest BCUT2D eigenvalue weighted by Gasteiger charge is -2.24. The molecule has 0 bridgehead atoms. The van der Waals surface area contributed by atoms with E-state index in [2.05, 4.69) is 153 Å². The van der Waals surface area contributed by atoms with E-state index in [-0.39, 0.29) is 17.0 Å². The Morgan fingerprint density at radius 1 is 0.591 bits per heavy atom. The lowest BCUT2D eigenvalue weighted by Crippen LogP contribution is -2.36. The maximum Gasteiger partial charge on any atom is 0.169 e. The minimum atomic E-state index is -0.340. The van der Waals surface area contributed by atoms with Crippen LogP contribution < -0.4 is 5.32 Å². The van der Waals surface area contributed by atoms with E-state index in [4.69, 9.17) is 9.98 Å². The van der Waals surface area contributed by atoms with Crippen molar-refractivity contribution in [3.05, 3.63) is 149 Å². The van der Waals surface area contributed by atoms with Crippen molar-refractivity contribution in [2.24, 2.45) is 9.98 Å². The Bertz CT molecular complexity index is 2110. The number of amidine groups is 2. The molecule has 0 radical (unpaired) electrons. The Morgan fingerprint density at radius 3 is 2.00 bits per heavy atom. The summed E-state index contributed by atoms with van der Waals surface area (Å²) in [4.78, 5) is 10.4. The van der Waals surface area contributed by atoms with Crippen LogP contribution in [0.25, 0.3) is 27.5 Å². The number of hydrogen-bond donors (Lipinski definition) is 1. The first kappa shape index (κ1) is 26.7. The summed E-state index contributed by atoms with van der Waals surface area (Å²) in [5.74, 6) is 1.68. The Hall–Kier alpha value is -4.96. The van der Waals surface area contributed by atoms with Crippen molar-refractivity contribution in [2.45, 2.75) is 51.1 Å². The summed E-state index contributed by atoms with van der Waals surface area (Å²) in [6, 6.07) is 43.2. The molecule has 1 N–H and O–H groups in total. The molecule has 1 aromatic heterocycles. The van der Waals surface area contributed by atoms with E-state index in [0.29, 0.717) is 0 Å². The number of fused-ring (bicyclic) bond motifs is 4. The maximum absolute atomic E-state index is 5.27. The van der Waals surface area contributed by atoms with Gasteiger partial charge in [-0.05, 0) is 70.3 Å². The van der Waals surface area contributed by atoms with Crippen molar-refractivity contribution < 1.29 is 0 Å². The van der Waals surface area contributed by atoms with Crippen LogP contribution in [0.1, 0.15) is 68.1 Å². The first-order valence-corrected chi connectivity index (χ1v) is 15.5. The molecule has 1 aliphatic heterocycles. The van der Waals surface area contributed by atoms with Crippen LogP contribution in [0.4, 0.5) is 0 Å². The van der Waals surface area contributed by atoms with E-state index < -0.39 is 0 Å². The molecule has 0 fully saturated rings. The minimum absolute atomic E-state index is 0.109. The third kappa shape index (κ3) is 4.28. The fourth-order valence-electron chi connectivity index (χ4n) is 7.63. The van der Waals surface area contributed by atoms with Gasteiger partial charge in [0.2, 0.25) is 0 Å². The summed E-state index contributed by atoms with van der Waals surface area (Å²) >= 11 is 0. The number of benzene rings is 5. The average molecular weight is 573 g/mol. The highest BCUT2D eigenvalue weighted by molar-refractivity contribution is 6.18. The molecule has 6 aromatic rings. The van der Waals surface area contributed by atoms with Gasteiger partial charge < -0.3 is 9.88 Å². The predicted molar refractivity (Wildman–Crippen MR) is 183 cm³/mol. The van der Waals surface area contributed by atoms with Crippen LogP contribution >= 0.6 is 0 Å². The van der Waals surface area contributed by atoms with Gasteiger partial charge in [-0.1, -0.05) is 113 Å². The van der Waals surface area contributed by atoms with Gasteiger partial charge in [-0.2, -0.15) is 0 Å². The number of aromatic nitrogens is 1. The Balaban J connectivity index is 1.28. The van der Waals surface area contributed by atoms with Gasteiger partial charge in [-0.15, -0.1) is 0 Å². The number of nitrogens with zero attached hydrogens (tertiary/aromatic N) is 3. The zero-order chi connectivity index (χ0) is 30.1. The number of aliphatic imine (C=N–C) groups is 2. The van der Waals surface area contributed by atoms with Crippen molar-refractivity contribution in [3.63, 3.8) is 0 Å². The highest BCUT2D eigenvalue weighted by atomic mass is 15.2. The van der Waals surface area contributed by atoms with Crippen molar-refractivity contribution in [3.8, 4) is 5.69 Å². The molecule has 1 atom stereocenters. The van der Waals surface area contributed by atoms with E-state index in [1.807, 2.05) is 6.07 Å². The molecular formula is C40H36N4. The quantitative estimate of drug-likeness (QED) is 0.225. The smallest absolute Gasteiger partial charge is 0.169 e. The molecule has 1 unspecified atom stereocenters. The molecule has 2 heterocycles. The van der Waals surface area contributed by atoms with Crippen LogP contribution in [0, 0.1) is 0 Å². The predicted octanol–water partition coefficient (Wildman–Crippen LogP) is 9.24. The molecule has 0 amide bonds. The van der Waals surface area contributed by atoms with Crippen LogP contribution in [0.5, 0.6) is 0 Å². The van der Waals surface area contributed by atoms with Gasteiger partial charge in [-0.3, -0.25) is 0 Å². The van der Waals surface area contributed by atoms with Gasteiger partial charge in [0, 0.05) is 27.6 Å². The van der Waals surface area contributed by atoms with E-state index in [1.165, 1.54) is 32.9 Å². The van der Waals surface area contributed by atoms with Gasteiger partial charge in [-0.25, -0.2) is 9.98 Å². The van der Waals surface area contributed by atoms with Crippen LogP contribution in [0.2, 0.25) is 0 Å². The third-order valence-electron chi connectivity index (χ3n) is 9.43. The molecular weight excluding hydrogens is 536 g/mol. The van der Waals surface area contributed by atoms with Crippen molar-refractivity contribution in [2.75, 3.05) is 0 Å². The molecule has 4 nitrogen and oxygen atoms in total. The summed E-state index contributed by atoms with van der Waals surface area (Å²) < 4.78 is 2.35. The molecule has 2 aliphatic rings. The lowest BCUT2D eigenvalue weighted by atomic mass is 9.82. The van der Waals surface area contributed by atoms with Gasteiger partial charge in [0.1, 0.15) is 11.7 Å². The third-order valence-corrected chi connectivity index (χ3v) is 9.43. The zero-order valence-corrected chi connectivity index (χ0v) is 25.7. The average Bonchev–Trinajstić information content (AvgIpc) is 3.47. The van der Waals surface area contributed by atoms with Crippen LogP contribution in [0.15, 0.2) is 131 Å². The SMILES string of the molecule is CC1(C)CC(C)(C)c2cc(C3N=C(c4ccccc4)NC(c4ccc5c(c4)c4ccccc4n5-c4ccccc4)=N3)ccc21. The number of hydrogen-bond acceptors (Lipinski definition) is 3. The second-order valence-corrected chi connectivity index (χ2v) is 13.5. The Labute approximate surface area is 258 Å². The molecule has 5 aromatic carbocycles. The molecule has 4 heteroatoms. The summed E-state index contributed by atoms with van der Waals surface area (Å²) in [5.41, 5.74) is 9.87. The molecule has 8 rings (SSSR count). The highest BCUT2D eigenvalue weighted by Crippen LogP contribution is 2.50. The van der Waals surface area contributed by atoms with Gasteiger partial charge >= 0.3 is 0 Å². The maximum atomic E-state index is 5.27. The summed E-state index contributed by atoms with van der Waals surface area (Å²) in [6.07, 6.45) is 0.793. The van der Waals surface area contributed by atoms with Crippen LogP contribution in [0.3, 0.4) is 0 Å². The van der Waals surface area contributed by atoms with E-state index in [0.717, 1.165) is 40.5 Å². The number of nitrogens with one attached hydrogen (secondary N) is 1. The first-order chi connectivity index (χ1) is 21.3. The molecule has 1 aliphatic carbocycles. The highest BCUT2D eigenvalue weighted by Gasteiger charge is 2.42. The largest absolute Gasteiger partial charge is 0.324 e. The van der Waals surface area contributed by atoms with Gasteiger partial charge in [0.15, 0.2) is 6.17 Å². The molecule has 0 saturated carbocycles. The molecule has 0 saturated heterocycles. The monoisotopic (exact) mass is 572 g/mol. The van der Waals surface area contributed by atoms with Crippen LogP contribution in [-0.4, -0.2) is 16.2 Å². The van der Waals surface area contributed by atoms with Crippen LogP contribution in [-0.2, 0) is 10.8 Å². The second kappa shape index (κ2) is 9.78. The lowest BCUT2D eigenvalue weighted by molar-refractivity contribution is 0.403. The van der Waals surface area contributed by atoms with E-state index in [1.54, 1.807) is 0 Å². The topological polar surface area (TPSA) is 41.7 Å². The molecule has 216 valence electrons. The van der Waals surface area contributed by atoms with Crippen molar-refractivity contribution >= 4 is 33.5 Å². The standard InChI is InChI=1S/C40H36N4/c1-39(2)25-40(3,4)33-24-28(19-21-32(33)39)38-42-36(26-13-7-5-8-14-26)41-37(43-38)27-20-22-35-31(23-27)30-17-11-12-18-34(30)44(35)29-15-9-6-10-16-29/h5-24,38H,25H2,1-4H3,(H,41,42,43). The number of para-hydroxylation sites is 2. The Morgan fingerprint density at radius 2 is 1.23 bits per heavy atom. The van der Waals surface area contributed by atoms with Gasteiger partial charge in [0.25, 0.3) is 0 Å². The fourth-order valence-corrected chi connectivity index (χ4v) is 7.63. The van der Waals surface area contributed by atoms with Crippen molar-refractivity contribution in [1.82, 2.24) is 9.88 Å². The first-order valence-electron chi connectivity index (χ1n) is 15.5. The molecule has 0 spiro atoms. The van der Waals surface area contributed by atoms with E-state index >= 15 is 0 Å².